The van der Waals surface area contributed by atoms with Gasteiger partial charge in [0, 0.05) is 19.2 Å². The number of hydrazone groups is 1. The molecule has 30 heavy (non-hydrogen) atoms. The van der Waals surface area contributed by atoms with Crippen LogP contribution in [0.1, 0.15) is 12.5 Å². The van der Waals surface area contributed by atoms with Crippen LogP contribution in [0.2, 0.25) is 0 Å². The van der Waals surface area contributed by atoms with Crippen molar-refractivity contribution >= 4 is 28.5 Å². The first kappa shape index (κ1) is 20.9. The summed E-state index contributed by atoms with van der Waals surface area (Å²) in [5, 5.41) is 34.0. The van der Waals surface area contributed by atoms with Gasteiger partial charge in [0.05, 0.1) is 29.9 Å². The van der Waals surface area contributed by atoms with Crippen LogP contribution in [0, 0.1) is 10.1 Å². The predicted molar refractivity (Wildman–Crippen MR) is 108 cm³/mol. The van der Waals surface area contributed by atoms with E-state index in [2.05, 4.69) is 20.5 Å². The van der Waals surface area contributed by atoms with E-state index in [9.17, 15) is 29.9 Å². The lowest BCUT2D eigenvalue weighted by atomic mass is 10.1. The fourth-order valence-corrected chi connectivity index (χ4v) is 2.79. The highest BCUT2D eigenvalue weighted by molar-refractivity contribution is 5.99. The van der Waals surface area contributed by atoms with Crippen molar-refractivity contribution in [2.75, 3.05) is 12.0 Å². The van der Waals surface area contributed by atoms with Gasteiger partial charge in [0.2, 0.25) is 5.95 Å². The Kier molecular flexibility index (Phi) is 5.75. The first-order valence-electron chi connectivity index (χ1n) is 8.76. The third-order valence-electron chi connectivity index (χ3n) is 4.43. The number of hydrogen-bond donors (Lipinski definition) is 4. The van der Waals surface area contributed by atoms with Crippen LogP contribution in [-0.4, -0.2) is 52.7 Å². The number of anilines is 1. The van der Waals surface area contributed by atoms with Gasteiger partial charge in [0.15, 0.2) is 11.2 Å². The molecule has 3 rings (SSSR count). The Balaban J connectivity index is 2.03. The maximum atomic E-state index is 12.3. The molecule has 1 unspecified atom stereocenters. The minimum Gasteiger partial charge on any atom is -0.394 e. The number of non-ortho nitro benzene ring substituents is 1. The minimum absolute atomic E-state index is 0.0234. The summed E-state index contributed by atoms with van der Waals surface area (Å²) in [7, 11) is 1.43. The molecular formula is C17H19N7O6. The van der Waals surface area contributed by atoms with E-state index in [4.69, 9.17) is 0 Å². The Labute approximate surface area is 168 Å². The Morgan fingerprint density at radius 1 is 1.37 bits per heavy atom. The topological polar surface area (TPSA) is 181 Å². The fraction of sp³-hybridized carbons (Fsp3) is 0.294. The van der Waals surface area contributed by atoms with Crippen molar-refractivity contribution in [3.8, 4) is 0 Å². The second-order valence-electron chi connectivity index (χ2n) is 6.49. The Morgan fingerprint density at radius 2 is 2.03 bits per heavy atom. The highest BCUT2D eigenvalue weighted by Crippen LogP contribution is 2.17. The lowest BCUT2D eigenvalue weighted by Crippen LogP contribution is -2.30. The smallest absolute Gasteiger partial charge is 0.329 e. The lowest BCUT2D eigenvalue weighted by molar-refractivity contribution is -0.384. The number of imidazole rings is 1. The number of nitro benzene ring substituents is 1. The number of aliphatic hydroxyl groups excluding tert-OH is 2. The minimum atomic E-state index is -1.18. The summed E-state index contributed by atoms with van der Waals surface area (Å²) < 4.78 is 2.44. The number of aliphatic hydroxyl groups is 2. The maximum Gasteiger partial charge on any atom is 0.329 e. The molecule has 0 aliphatic heterocycles. The standard InChI is InChI=1S/C17H19N7O6/c1-9(10-3-5-11(6-4-10)24(29)30)20-21-16-18-14-13(23(16)7-12(26)8-25)15(27)19-17(28)22(14)2/h3-6,12,25-26H,7-8H2,1-2H3,(H,18,21)(H,19,27,28). The predicted octanol–water partition coefficient (Wildman–Crippen LogP) is -0.479. The number of benzene rings is 1. The van der Waals surface area contributed by atoms with Gasteiger partial charge in [-0.1, -0.05) is 0 Å². The molecule has 0 saturated heterocycles. The zero-order valence-corrected chi connectivity index (χ0v) is 16.1. The molecule has 0 spiro atoms. The number of aromatic amines is 1. The number of rotatable bonds is 7. The average Bonchev–Trinajstić information content (AvgIpc) is 3.09. The lowest BCUT2D eigenvalue weighted by Gasteiger charge is -2.12. The fourth-order valence-electron chi connectivity index (χ4n) is 2.79. The second kappa shape index (κ2) is 8.26. The molecular weight excluding hydrogens is 398 g/mol. The van der Waals surface area contributed by atoms with E-state index in [1.54, 1.807) is 6.92 Å². The molecule has 2 aromatic heterocycles. The van der Waals surface area contributed by atoms with Crippen molar-refractivity contribution < 1.29 is 15.1 Å². The van der Waals surface area contributed by atoms with Crippen molar-refractivity contribution in [1.29, 1.82) is 0 Å². The van der Waals surface area contributed by atoms with E-state index in [0.29, 0.717) is 11.3 Å². The van der Waals surface area contributed by atoms with E-state index in [0.717, 1.165) is 4.57 Å². The molecule has 158 valence electrons. The number of fused-ring (bicyclic) bond motifs is 1. The molecule has 0 bridgehead atoms. The summed E-state index contributed by atoms with van der Waals surface area (Å²) in [5.41, 5.74) is 2.44. The van der Waals surface area contributed by atoms with Crippen LogP contribution in [0.15, 0.2) is 39.0 Å². The number of H-pyrrole nitrogens is 1. The maximum absolute atomic E-state index is 12.3. The van der Waals surface area contributed by atoms with Crippen LogP contribution in [0.3, 0.4) is 0 Å². The SMILES string of the molecule is CC(=NNc1nc2c(c(=O)[nH]c(=O)n2C)n1CC(O)CO)c1ccc([N+](=O)[O-])cc1. The number of aryl methyl sites for hydroxylation is 1. The number of nitrogens with one attached hydrogen (secondary N) is 2. The van der Waals surface area contributed by atoms with E-state index in [1.807, 2.05) is 0 Å². The largest absolute Gasteiger partial charge is 0.394 e. The molecule has 0 fully saturated rings. The third-order valence-corrected chi connectivity index (χ3v) is 4.43. The van der Waals surface area contributed by atoms with Gasteiger partial charge < -0.3 is 14.8 Å². The zero-order valence-electron chi connectivity index (χ0n) is 16.1. The van der Waals surface area contributed by atoms with Gasteiger partial charge in [-0.05, 0) is 24.6 Å². The zero-order chi connectivity index (χ0) is 22.0. The molecule has 13 nitrogen and oxygen atoms in total. The Bertz CT molecular complexity index is 1240. The van der Waals surface area contributed by atoms with E-state index in [1.165, 1.54) is 35.9 Å². The average molecular weight is 417 g/mol. The highest BCUT2D eigenvalue weighted by atomic mass is 16.6. The van der Waals surface area contributed by atoms with Gasteiger partial charge in [-0.15, -0.1) is 0 Å². The van der Waals surface area contributed by atoms with E-state index in [-0.39, 0.29) is 29.3 Å². The summed E-state index contributed by atoms with van der Waals surface area (Å²) in [5.74, 6) is 0.0606. The third kappa shape index (κ3) is 3.97. The first-order valence-corrected chi connectivity index (χ1v) is 8.76. The number of hydrogen-bond acceptors (Lipinski definition) is 9. The van der Waals surface area contributed by atoms with Crippen molar-refractivity contribution in [3.63, 3.8) is 0 Å². The molecule has 13 heteroatoms. The van der Waals surface area contributed by atoms with Crippen LogP contribution < -0.4 is 16.7 Å². The Hall–Kier alpha value is -3.84. The highest BCUT2D eigenvalue weighted by Gasteiger charge is 2.19. The van der Waals surface area contributed by atoms with Gasteiger partial charge in [-0.2, -0.15) is 10.1 Å². The normalized spacial score (nSPS) is 12.9. The summed E-state index contributed by atoms with van der Waals surface area (Å²) >= 11 is 0. The molecule has 1 aromatic carbocycles. The van der Waals surface area contributed by atoms with Gasteiger partial charge in [0.1, 0.15) is 0 Å². The van der Waals surface area contributed by atoms with Crippen LogP contribution in [0.4, 0.5) is 11.6 Å². The van der Waals surface area contributed by atoms with Gasteiger partial charge in [-0.25, -0.2) is 10.2 Å². The number of nitro groups is 1. The van der Waals surface area contributed by atoms with E-state index < -0.39 is 28.9 Å². The number of nitrogens with zero attached hydrogens (tertiary/aromatic N) is 5. The van der Waals surface area contributed by atoms with Gasteiger partial charge in [-0.3, -0.25) is 24.5 Å². The van der Waals surface area contributed by atoms with Crippen molar-refractivity contribution in [2.45, 2.75) is 19.6 Å². The number of aromatic nitrogens is 4. The molecule has 4 N–H and O–H groups in total. The van der Waals surface area contributed by atoms with E-state index >= 15 is 0 Å². The van der Waals surface area contributed by atoms with Crippen molar-refractivity contribution in [2.24, 2.45) is 12.1 Å². The molecule has 0 radical (unpaired) electrons. The molecule has 0 aliphatic carbocycles. The molecule has 0 amide bonds. The summed E-state index contributed by atoms with van der Waals surface area (Å²) in [6, 6.07) is 5.75. The van der Waals surface area contributed by atoms with Crippen molar-refractivity contribution in [1.82, 2.24) is 19.1 Å². The monoisotopic (exact) mass is 417 g/mol. The summed E-state index contributed by atoms with van der Waals surface area (Å²) in [6.07, 6.45) is -1.18. The van der Waals surface area contributed by atoms with Crippen molar-refractivity contribution in [3.05, 3.63) is 60.8 Å². The summed E-state index contributed by atoms with van der Waals surface area (Å²) in [6.45, 7) is 0.933. The van der Waals surface area contributed by atoms with Crippen LogP contribution in [0.25, 0.3) is 11.2 Å². The van der Waals surface area contributed by atoms with Crippen LogP contribution in [0.5, 0.6) is 0 Å². The molecule has 1 atom stereocenters. The van der Waals surface area contributed by atoms with Gasteiger partial charge in [0.25, 0.3) is 11.2 Å². The molecule has 0 aliphatic rings. The molecule has 3 aromatic rings. The summed E-state index contributed by atoms with van der Waals surface area (Å²) in [4.78, 5) is 40.8. The quantitative estimate of drug-likeness (QED) is 0.226. The van der Waals surface area contributed by atoms with Gasteiger partial charge >= 0.3 is 5.69 Å². The van der Waals surface area contributed by atoms with Crippen LogP contribution in [-0.2, 0) is 13.6 Å². The second-order valence-corrected chi connectivity index (χ2v) is 6.49. The molecule has 2 heterocycles. The Morgan fingerprint density at radius 3 is 2.63 bits per heavy atom. The first-order chi connectivity index (χ1) is 14.2. The van der Waals surface area contributed by atoms with Crippen LogP contribution >= 0.6 is 0 Å². The molecule has 0 saturated carbocycles.